The number of nitrogens with one attached hydrogen (secondary N) is 1. The number of hydrogen-bond donors (Lipinski definition) is 1. The normalized spacial score (nSPS) is 26.6. The van der Waals surface area contributed by atoms with Crippen molar-refractivity contribution in [1.82, 2.24) is 5.32 Å². The molecule has 25 heavy (non-hydrogen) atoms. The summed E-state index contributed by atoms with van der Waals surface area (Å²) in [6, 6.07) is 5.15. The van der Waals surface area contributed by atoms with Crippen molar-refractivity contribution in [3.8, 4) is 5.75 Å². The summed E-state index contributed by atoms with van der Waals surface area (Å²) >= 11 is 11.9. The maximum atomic E-state index is 12.1. The molecule has 0 spiro atoms. The molecule has 3 fully saturated rings. The zero-order chi connectivity index (χ0) is 18.0. The molecule has 4 rings (SSSR count). The van der Waals surface area contributed by atoms with Gasteiger partial charge in [0.1, 0.15) is 5.75 Å². The fraction of sp³-hybridized carbons (Fsp3) is 0.650. The van der Waals surface area contributed by atoms with Gasteiger partial charge in [0.05, 0.1) is 11.6 Å². The van der Waals surface area contributed by atoms with E-state index in [0.717, 1.165) is 18.4 Å². The first kappa shape index (κ1) is 18.8. The zero-order valence-electron chi connectivity index (χ0n) is 15.0. The first-order chi connectivity index (χ1) is 11.9. The molecule has 1 aromatic rings. The number of halogens is 2. The maximum Gasteiger partial charge on any atom is 0.220 e. The van der Waals surface area contributed by atoms with Gasteiger partial charge >= 0.3 is 0 Å². The fourth-order valence-corrected chi connectivity index (χ4v) is 5.01. The predicted octanol–water partition coefficient (Wildman–Crippen LogP) is 5.34. The Bertz CT molecular complexity index is 630. The van der Waals surface area contributed by atoms with Gasteiger partial charge in [0.15, 0.2) is 0 Å². The molecule has 0 radical (unpaired) electrons. The number of rotatable bonds is 7. The Hall–Kier alpha value is -0.930. The van der Waals surface area contributed by atoms with Gasteiger partial charge in [-0.05, 0) is 67.1 Å². The van der Waals surface area contributed by atoms with Gasteiger partial charge in [-0.2, -0.15) is 0 Å². The van der Waals surface area contributed by atoms with Gasteiger partial charge in [-0.1, -0.05) is 37.0 Å². The van der Waals surface area contributed by atoms with Crippen LogP contribution in [-0.2, 0) is 4.79 Å². The minimum Gasteiger partial charge on any atom is -0.492 e. The van der Waals surface area contributed by atoms with Gasteiger partial charge in [-0.15, -0.1) is 0 Å². The first-order valence-electron chi connectivity index (χ1n) is 9.22. The van der Waals surface area contributed by atoms with E-state index < -0.39 is 0 Å². The number of benzene rings is 1. The molecule has 5 heteroatoms. The predicted molar refractivity (Wildman–Crippen MR) is 102 cm³/mol. The Balaban J connectivity index is 1.33. The van der Waals surface area contributed by atoms with Crippen LogP contribution in [0.25, 0.3) is 0 Å². The highest BCUT2D eigenvalue weighted by molar-refractivity contribution is 6.35. The number of carbonyl (C=O) groups excluding carboxylic acids is 1. The molecule has 3 saturated carbocycles. The summed E-state index contributed by atoms with van der Waals surface area (Å²) in [7, 11) is 0. The Morgan fingerprint density at radius 3 is 2.80 bits per heavy atom. The van der Waals surface area contributed by atoms with Gasteiger partial charge < -0.3 is 10.1 Å². The lowest BCUT2D eigenvalue weighted by molar-refractivity contribution is -0.125. The van der Waals surface area contributed by atoms with Gasteiger partial charge in [0.2, 0.25) is 5.91 Å². The van der Waals surface area contributed by atoms with E-state index in [1.165, 1.54) is 19.3 Å². The van der Waals surface area contributed by atoms with E-state index in [1.54, 1.807) is 18.2 Å². The van der Waals surface area contributed by atoms with Crippen molar-refractivity contribution in [2.75, 3.05) is 13.2 Å². The van der Waals surface area contributed by atoms with Crippen molar-refractivity contribution in [2.24, 2.45) is 23.2 Å². The topological polar surface area (TPSA) is 38.3 Å². The van der Waals surface area contributed by atoms with Crippen LogP contribution in [0.3, 0.4) is 0 Å². The van der Waals surface area contributed by atoms with Crippen molar-refractivity contribution in [3.05, 3.63) is 28.2 Å². The first-order valence-corrected chi connectivity index (χ1v) is 9.98. The zero-order valence-corrected chi connectivity index (χ0v) is 16.5. The second-order valence-corrected chi connectivity index (χ2v) is 8.87. The molecular formula is C20H27Cl2NO2. The van der Waals surface area contributed by atoms with Crippen molar-refractivity contribution in [3.63, 3.8) is 0 Å². The molecule has 3 atom stereocenters. The molecule has 2 bridgehead atoms. The number of ether oxygens (including phenoxy) is 1. The van der Waals surface area contributed by atoms with Gasteiger partial charge in [0.25, 0.3) is 0 Å². The van der Waals surface area contributed by atoms with E-state index in [2.05, 4.69) is 19.2 Å². The van der Waals surface area contributed by atoms with Crippen molar-refractivity contribution in [2.45, 2.75) is 46.0 Å². The molecule has 0 heterocycles. The lowest BCUT2D eigenvalue weighted by atomic mass is 9.45. The number of fused-ring (bicyclic) bond motifs is 2. The molecule has 1 N–H and O–H groups in total. The third-order valence-electron chi connectivity index (χ3n) is 6.26. The average Bonchev–Trinajstić information content (AvgIpc) is 2.58. The highest BCUT2D eigenvalue weighted by Crippen LogP contribution is 2.61. The third-order valence-corrected chi connectivity index (χ3v) is 6.79. The molecule has 3 nitrogen and oxygen atoms in total. The van der Waals surface area contributed by atoms with Crippen LogP contribution >= 0.6 is 23.2 Å². The monoisotopic (exact) mass is 383 g/mol. The molecule has 3 aliphatic rings. The third kappa shape index (κ3) is 4.25. The van der Waals surface area contributed by atoms with Crippen LogP contribution in [0, 0.1) is 23.2 Å². The van der Waals surface area contributed by atoms with E-state index in [4.69, 9.17) is 27.9 Å². The van der Waals surface area contributed by atoms with Crippen LogP contribution in [-0.4, -0.2) is 19.1 Å². The SMILES string of the molecule is CC1(C)[C@H]2CC[C@@H](CNC(=O)CCCOc3ccc(Cl)cc3Cl)[C@@H]1C2. The largest absolute Gasteiger partial charge is 0.492 e. The summed E-state index contributed by atoms with van der Waals surface area (Å²) in [5, 5.41) is 4.20. The second-order valence-electron chi connectivity index (χ2n) is 8.03. The highest BCUT2D eigenvalue weighted by Gasteiger charge is 2.53. The molecular weight excluding hydrogens is 357 g/mol. The van der Waals surface area contributed by atoms with E-state index in [1.807, 2.05) is 0 Å². The standard InChI is InChI=1S/C20H27Cl2NO2/c1-20(2)14-6-5-13(16(20)10-14)12-23-19(24)4-3-9-25-18-8-7-15(21)11-17(18)22/h7-8,11,13-14,16H,3-6,9-10,12H2,1-2H3,(H,23,24)/t13-,14-,16-/m0/s1. The smallest absolute Gasteiger partial charge is 0.220 e. The van der Waals surface area contributed by atoms with Gasteiger partial charge in [-0.3, -0.25) is 4.79 Å². The summed E-state index contributed by atoms with van der Waals surface area (Å²) in [5.74, 6) is 3.05. The summed E-state index contributed by atoms with van der Waals surface area (Å²) < 4.78 is 5.62. The van der Waals surface area contributed by atoms with Crippen molar-refractivity contribution < 1.29 is 9.53 Å². The number of carbonyl (C=O) groups is 1. The molecule has 1 aromatic carbocycles. The molecule has 138 valence electrons. The van der Waals surface area contributed by atoms with Gasteiger partial charge in [-0.25, -0.2) is 0 Å². The summed E-state index contributed by atoms with van der Waals surface area (Å²) in [6.07, 6.45) is 5.08. The molecule has 0 aliphatic heterocycles. The minimum absolute atomic E-state index is 0.116. The van der Waals surface area contributed by atoms with E-state index in [0.29, 0.717) is 46.6 Å². The number of hydrogen-bond acceptors (Lipinski definition) is 2. The lowest BCUT2D eigenvalue weighted by Gasteiger charge is -2.60. The summed E-state index contributed by atoms with van der Waals surface area (Å²) in [4.78, 5) is 12.1. The summed E-state index contributed by atoms with van der Waals surface area (Å²) in [5.41, 5.74) is 0.472. The van der Waals surface area contributed by atoms with Crippen molar-refractivity contribution >= 4 is 29.1 Å². The molecule has 0 aromatic heterocycles. The minimum atomic E-state index is 0.116. The van der Waals surface area contributed by atoms with Crippen LogP contribution < -0.4 is 10.1 Å². The van der Waals surface area contributed by atoms with Crippen LogP contribution in [0.4, 0.5) is 0 Å². The van der Waals surface area contributed by atoms with Crippen LogP contribution in [0.5, 0.6) is 5.75 Å². The fourth-order valence-electron chi connectivity index (χ4n) is 4.55. The van der Waals surface area contributed by atoms with Gasteiger partial charge in [0, 0.05) is 18.0 Å². The average molecular weight is 384 g/mol. The molecule has 0 unspecified atom stereocenters. The van der Waals surface area contributed by atoms with E-state index >= 15 is 0 Å². The van der Waals surface area contributed by atoms with Crippen LogP contribution in [0.15, 0.2) is 18.2 Å². The van der Waals surface area contributed by atoms with Crippen molar-refractivity contribution in [1.29, 1.82) is 0 Å². The van der Waals surface area contributed by atoms with E-state index in [9.17, 15) is 4.79 Å². The lowest BCUT2D eigenvalue weighted by Crippen LogP contribution is -2.54. The van der Waals surface area contributed by atoms with Crippen LogP contribution in [0.1, 0.15) is 46.0 Å². The Morgan fingerprint density at radius 2 is 2.12 bits per heavy atom. The molecule has 0 saturated heterocycles. The molecule has 3 aliphatic carbocycles. The second kappa shape index (κ2) is 7.75. The Labute approximate surface area is 160 Å². The molecule has 1 amide bonds. The highest BCUT2D eigenvalue weighted by atomic mass is 35.5. The van der Waals surface area contributed by atoms with Crippen LogP contribution in [0.2, 0.25) is 10.0 Å². The Kier molecular flexibility index (Phi) is 5.85. The maximum absolute atomic E-state index is 12.1. The quantitative estimate of drug-likeness (QED) is 0.645. The Morgan fingerprint density at radius 1 is 1.32 bits per heavy atom. The summed E-state index contributed by atoms with van der Waals surface area (Å²) in [6.45, 7) is 6.07. The van der Waals surface area contributed by atoms with E-state index in [-0.39, 0.29) is 5.91 Å². The number of amides is 1.